The SMILES string of the molecule is O=C(OCc1ccccc1)c1cccc2cc(OCc3ccccc3)ccc12. The van der Waals surface area contributed by atoms with Crippen LogP contribution in [0.4, 0.5) is 0 Å². The zero-order valence-corrected chi connectivity index (χ0v) is 15.4. The molecule has 0 amide bonds. The van der Waals surface area contributed by atoms with Crippen LogP contribution in [0.25, 0.3) is 10.8 Å². The lowest BCUT2D eigenvalue weighted by Crippen LogP contribution is -2.06. The molecular weight excluding hydrogens is 348 g/mol. The first-order chi connectivity index (χ1) is 13.8. The number of esters is 1. The lowest BCUT2D eigenvalue weighted by Gasteiger charge is -2.10. The van der Waals surface area contributed by atoms with E-state index in [0.717, 1.165) is 27.6 Å². The summed E-state index contributed by atoms with van der Waals surface area (Å²) in [6.07, 6.45) is 0. The average molecular weight is 368 g/mol. The van der Waals surface area contributed by atoms with Crippen molar-refractivity contribution in [2.24, 2.45) is 0 Å². The van der Waals surface area contributed by atoms with E-state index in [-0.39, 0.29) is 12.6 Å². The van der Waals surface area contributed by atoms with Crippen LogP contribution in [0.5, 0.6) is 5.75 Å². The van der Waals surface area contributed by atoms with Gasteiger partial charge in [0.2, 0.25) is 0 Å². The van der Waals surface area contributed by atoms with Crippen molar-refractivity contribution in [3.63, 3.8) is 0 Å². The molecule has 0 aliphatic carbocycles. The van der Waals surface area contributed by atoms with E-state index >= 15 is 0 Å². The molecule has 0 fully saturated rings. The van der Waals surface area contributed by atoms with E-state index < -0.39 is 0 Å². The van der Waals surface area contributed by atoms with Crippen LogP contribution in [-0.2, 0) is 18.0 Å². The van der Waals surface area contributed by atoms with Gasteiger partial charge in [0.1, 0.15) is 19.0 Å². The number of carbonyl (C=O) groups is 1. The van der Waals surface area contributed by atoms with Crippen molar-refractivity contribution in [2.75, 3.05) is 0 Å². The predicted octanol–water partition coefficient (Wildman–Crippen LogP) is 5.78. The van der Waals surface area contributed by atoms with Gasteiger partial charge in [-0.15, -0.1) is 0 Å². The van der Waals surface area contributed by atoms with Crippen molar-refractivity contribution in [2.45, 2.75) is 13.2 Å². The number of hydrogen-bond acceptors (Lipinski definition) is 3. The molecule has 4 aromatic carbocycles. The van der Waals surface area contributed by atoms with Crippen LogP contribution in [-0.4, -0.2) is 5.97 Å². The van der Waals surface area contributed by atoms with Gasteiger partial charge in [0, 0.05) is 0 Å². The zero-order chi connectivity index (χ0) is 19.2. The molecule has 4 rings (SSSR count). The largest absolute Gasteiger partial charge is 0.489 e. The Morgan fingerprint density at radius 2 is 1.36 bits per heavy atom. The van der Waals surface area contributed by atoms with E-state index in [1.165, 1.54) is 0 Å². The lowest BCUT2D eigenvalue weighted by molar-refractivity contribution is 0.0475. The van der Waals surface area contributed by atoms with Gasteiger partial charge in [-0.25, -0.2) is 4.79 Å². The fourth-order valence-electron chi connectivity index (χ4n) is 3.07. The minimum atomic E-state index is -0.326. The predicted molar refractivity (Wildman–Crippen MR) is 110 cm³/mol. The molecule has 28 heavy (non-hydrogen) atoms. The smallest absolute Gasteiger partial charge is 0.339 e. The molecule has 0 aliphatic rings. The standard InChI is InChI=1S/C25H20O3/c26-25(28-18-20-10-5-2-6-11-20)24-13-7-12-21-16-22(14-15-23(21)24)27-17-19-8-3-1-4-9-19/h1-16H,17-18H2. The summed E-state index contributed by atoms with van der Waals surface area (Å²) in [4.78, 5) is 12.6. The summed E-state index contributed by atoms with van der Waals surface area (Å²) in [5, 5.41) is 1.80. The molecule has 0 atom stereocenters. The molecule has 0 radical (unpaired) electrons. The summed E-state index contributed by atoms with van der Waals surface area (Å²) in [6.45, 7) is 0.763. The van der Waals surface area contributed by atoms with Crippen molar-refractivity contribution in [1.29, 1.82) is 0 Å². The monoisotopic (exact) mass is 368 g/mol. The molecule has 0 N–H and O–H groups in total. The molecule has 0 unspecified atom stereocenters. The van der Waals surface area contributed by atoms with E-state index in [4.69, 9.17) is 9.47 Å². The van der Waals surface area contributed by atoms with Gasteiger partial charge in [0.15, 0.2) is 0 Å². The van der Waals surface area contributed by atoms with Gasteiger partial charge in [-0.2, -0.15) is 0 Å². The average Bonchev–Trinajstić information content (AvgIpc) is 2.77. The second kappa shape index (κ2) is 8.40. The van der Waals surface area contributed by atoms with Gasteiger partial charge in [-0.3, -0.25) is 0 Å². The Morgan fingerprint density at radius 3 is 2.07 bits per heavy atom. The van der Waals surface area contributed by atoms with Crippen LogP contribution >= 0.6 is 0 Å². The summed E-state index contributed by atoms with van der Waals surface area (Å²) < 4.78 is 11.4. The Morgan fingerprint density at radius 1 is 0.679 bits per heavy atom. The Labute approximate surface area is 164 Å². The summed E-state index contributed by atoms with van der Waals surface area (Å²) in [5.74, 6) is 0.443. The van der Waals surface area contributed by atoms with E-state index in [0.29, 0.717) is 12.2 Å². The van der Waals surface area contributed by atoms with Crippen molar-refractivity contribution < 1.29 is 14.3 Å². The van der Waals surface area contributed by atoms with Crippen molar-refractivity contribution in [1.82, 2.24) is 0 Å². The van der Waals surface area contributed by atoms with Gasteiger partial charge < -0.3 is 9.47 Å². The maximum atomic E-state index is 12.6. The van der Waals surface area contributed by atoms with Gasteiger partial charge >= 0.3 is 5.97 Å². The number of carbonyl (C=O) groups excluding carboxylic acids is 1. The molecule has 3 nitrogen and oxygen atoms in total. The molecule has 0 heterocycles. The molecule has 0 aromatic heterocycles. The normalized spacial score (nSPS) is 10.6. The third-order valence-electron chi connectivity index (χ3n) is 4.53. The summed E-state index contributed by atoms with van der Waals surface area (Å²) in [7, 11) is 0. The van der Waals surface area contributed by atoms with Crippen LogP contribution in [0.3, 0.4) is 0 Å². The molecular formula is C25H20O3. The highest BCUT2D eigenvalue weighted by Gasteiger charge is 2.12. The minimum Gasteiger partial charge on any atom is -0.489 e. The highest BCUT2D eigenvalue weighted by molar-refractivity contribution is 6.04. The number of hydrogen-bond donors (Lipinski definition) is 0. The van der Waals surface area contributed by atoms with Crippen molar-refractivity contribution in [3.05, 3.63) is 114 Å². The maximum Gasteiger partial charge on any atom is 0.339 e. The summed E-state index contributed by atoms with van der Waals surface area (Å²) >= 11 is 0. The first kappa shape index (κ1) is 17.8. The molecule has 0 bridgehead atoms. The van der Waals surface area contributed by atoms with E-state index in [2.05, 4.69) is 0 Å². The molecule has 3 heteroatoms. The molecule has 138 valence electrons. The van der Waals surface area contributed by atoms with Crippen LogP contribution < -0.4 is 4.74 Å². The third-order valence-corrected chi connectivity index (χ3v) is 4.53. The highest BCUT2D eigenvalue weighted by Crippen LogP contribution is 2.25. The van der Waals surface area contributed by atoms with E-state index in [1.54, 1.807) is 6.07 Å². The van der Waals surface area contributed by atoms with Gasteiger partial charge in [0.05, 0.1) is 5.56 Å². The van der Waals surface area contributed by atoms with Gasteiger partial charge in [-0.1, -0.05) is 72.8 Å². The number of rotatable bonds is 6. The quantitative estimate of drug-likeness (QED) is 0.405. The highest BCUT2D eigenvalue weighted by atomic mass is 16.5. The first-order valence-electron chi connectivity index (χ1n) is 9.20. The topological polar surface area (TPSA) is 35.5 Å². The summed E-state index contributed by atoms with van der Waals surface area (Å²) in [6, 6.07) is 31.1. The second-order valence-electron chi connectivity index (χ2n) is 6.52. The summed E-state index contributed by atoms with van der Waals surface area (Å²) in [5.41, 5.74) is 2.64. The van der Waals surface area contributed by atoms with E-state index in [9.17, 15) is 4.79 Å². The fraction of sp³-hybridized carbons (Fsp3) is 0.0800. The molecule has 0 spiro atoms. The number of ether oxygens (including phenoxy) is 2. The molecule has 0 aliphatic heterocycles. The Kier molecular flexibility index (Phi) is 5.34. The van der Waals surface area contributed by atoms with Crippen LogP contribution in [0.1, 0.15) is 21.5 Å². The minimum absolute atomic E-state index is 0.258. The number of benzene rings is 4. The molecule has 4 aromatic rings. The molecule has 0 saturated carbocycles. The third kappa shape index (κ3) is 4.21. The molecule has 0 saturated heterocycles. The second-order valence-corrected chi connectivity index (χ2v) is 6.52. The van der Waals surface area contributed by atoms with Gasteiger partial charge in [-0.05, 0) is 46.2 Å². The number of fused-ring (bicyclic) bond motifs is 1. The zero-order valence-electron chi connectivity index (χ0n) is 15.4. The Balaban J connectivity index is 1.49. The van der Waals surface area contributed by atoms with E-state index in [1.807, 2.05) is 91.0 Å². The fourth-order valence-corrected chi connectivity index (χ4v) is 3.07. The maximum absolute atomic E-state index is 12.6. The van der Waals surface area contributed by atoms with Crippen LogP contribution in [0.2, 0.25) is 0 Å². The van der Waals surface area contributed by atoms with Crippen LogP contribution in [0, 0.1) is 0 Å². The lowest BCUT2D eigenvalue weighted by atomic mass is 10.0. The van der Waals surface area contributed by atoms with Crippen molar-refractivity contribution >= 4 is 16.7 Å². The first-order valence-corrected chi connectivity index (χ1v) is 9.20. The Bertz CT molecular complexity index is 1070. The van der Waals surface area contributed by atoms with Crippen molar-refractivity contribution in [3.8, 4) is 5.75 Å². The van der Waals surface area contributed by atoms with Crippen LogP contribution in [0.15, 0.2) is 97.1 Å². The Hall–Kier alpha value is -3.59. The van der Waals surface area contributed by atoms with Gasteiger partial charge in [0.25, 0.3) is 0 Å².